The Morgan fingerprint density at radius 2 is 1.93 bits per heavy atom. The Morgan fingerprint density at radius 3 is 2.59 bits per heavy atom. The first-order valence-electron chi connectivity index (χ1n) is 8.02. The minimum atomic E-state index is -0.981. The predicted molar refractivity (Wildman–Crippen MR) is 104 cm³/mol. The van der Waals surface area contributed by atoms with E-state index in [0.29, 0.717) is 27.2 Å². The van der Waals surface area contributed by atoms with E-state index in [9.17, 15) is 10.1 Å². The van der Waals surface area contributed by atoms with E-state index >= 15 is 0 Å². The molecular formula is C20H15ClN2O3S. The van der Waals surface area contributed by atoms with Crippen LogP contribution < -0.4 is 9.47 Å². The van der Waals surface area contributed by atoms with Crippen molar-refractivity contribution in [1.82, 2.24) is 4.98 Å². The van der Waals surface area contributed by atoms with Crippen LogP contribution in [0.5, 0.6) is 11.5 Å². The molecule has 0 aliphatic rings. The van der Waals surface area contributed by atoms with E-state index in [0.717, 1.165) is 5.56 Å². The average Bonchev–Trinajstić information content (AvgIpc) is 3.17. The van der Waals surface area contributed by atoms with Crippen molar-refractivity contribution in [2.75, 3.05) is 13.7 Å². The number of ketones is 1. The van der Waals surface area contributed by atoms with Gasteiger partial charge < -0.3 is 9.47 Å². The summed E-state index contributed by atoms with van der Waals surface area (Å²) in [4.78, 5) is 16.9. The molecule has 0 N–H and O–H groups in total. The number of hydrogen-bond donors (Lipinski definition) is 0. The first-order chi connectivity index (χ1) is 13.1. The number of halogens is 1. The van der Waals surface area contributed by atoms with E-state index in [2.05, 4.69) is 4.98 Å². The summed E-state index contributed by atoms with van der Waals surface area (Å²) in [5.74, 6) is -0.365. The van der Waals surface area contributed by atoms with Gasteiger partial charge in [0.05, 0.1) is 18.9 Å². The van der Waals surface area contributed by atoms with Gasteiger partial charge in [0, 0.05) is 16.0 Å². The van der Waals surface area contributed by atoms with Gasteiger partial charge in [0.15, 0.2) is 23.2 Å². The number of rotatable bonds is 7. The van der Waals surface area contributed by atoms with Gasteiger partial charge in [0.1, 0.15) is 11.6 Å². The van der Waals surface area contributed by atoms with E-state index < -0.39 is 5.92 Å². The largest absolute Gasteiger partial charge is 0.493 e. The third-order valence-electron chi connectivity index (χ3n) is 3.80. The highest BCUT2D eigenvalue weighted by molar-refractivity contribution is 7.10. The van der Waals surface area contributed by atoms with Crippen LogP contribution in [-0.2, 0) is 4.79 Å². The van der Waals surface area contributed by atoms with Gasteiger partial charge in [-0.3, -0.25) is 4.79 Å². The monoisotopic (exact) mass is 398 g/mol. The normalized spacial score (nSPS) is 11.4. The molecule has 3 rings (SSSR count). The second-order valence-electron chi connectivity index (χ2n) is 5.55. The van der Waals surface area contributed by atoms with Crippen molar-refractivity contribution in [2.45, 2.75) is 5.92 Å². The number of para-hydroxylation sites is 2. The summed E-state index contributed by atoms with van der Waals surface area (Å²) in [6.45, 7) is -0.242. The Balaban J connectivity index is 1.72. The maximum Gasteiger partial charge on any atom is 0.194 e. The van der Waals surface area contributed by atoms with Crippen LogP contribution in [0.15, 0.2) is 53.9 Å². The van der Waals surface area contributed by atoms with Crippen LogP contribution in [0.2, 0.25) is 5.02 Å². The van der Waals surface area contributed by atoms with Crippen molar-refractivity contribution in [1.29, 1.82) is 5.26 Å². The average molecular weight is 399 g/mol. The van der Waals surface area contributed by atoms with Crippen molar-refractivity contribution < 1.29 is 14.3 Å². The van der Waals surface area contributed by atoms with Crippen LogP contribution in [0.25, 0.3) is 11.3 Å². The van der Waals surface area contributed by atoms with Crippen molar-refractivity contribution in [3.63, 3.8) is 0 Å². The SMILES string of the molecule is COc1ccccc1OCC(=O)C(C#N)c1nc(-c2ccc(Cl)cc2)cs1. The van der Waals surface area contributed by atoms with Crippen LogP contribution in [0, 0.1) is 11.3 Å². The molecule has 1 aromatic heterocycles. The summed E-state index contributed by atoms with van der Waals surface area (Å²) >= 11 is 7.17. The molecule has 2 aromatic carbocycles. The topological polar surface area (TPSA) is 72.2 Å². The summed E-state index contributed by atoms with van der Waals surface area (Å²) in [6, 6.07) is 16.3. The van der Waals surface area contributed by atoms with E-state index in [-0.39, 0.29) is 12.4 Å². The van der Waals surface area contributed by atoms with Crippen LogP contribution in [0.1, 0.15) is 10.9 Å². The van der Waals surface area contributed by atoms with Crippen LogP contribution in [-0.4, -0.2) is 24.5 Å². The number of nitrogens with zero attached hydrogens (tertiary/aromatic N) is 2. The first-order valence-corrected chi connectivity index (χ1v) is 9.27. The Morgan fingerprint density at radius 1 is 1.22 bits per heavy atom. The van der Waals surface area contributed by atoms with E-state index in [4.69, 9.17) is 21.1 Å². The second-order valence-corrected chi connectivity index (χ2v) is 6.87. The standard InChI is InChI=1S/C20H15ClN2O3S/c1-25-18-4-2-3-5-19(18)26-11-17(24)15(10-22)20-23-16(12-27-20)13-6-8-14(21)9-7-13/h2-9,12,15H,11H2,1H3. The van der Waals surface area contributed by atoms with Crippen molar-refractivity contribution in [3.8, 4) is 28.8 Å². The molecule has 0 saturated carbocycles. The summed E-state index contributed by atoms with van der Waals surface area (Å²) < 4.78 is 10.7. The van der Waals surface area contributed by atoms with E-state index in [1.807, 2.05) is 23.6 Å². The fourth-order valence-corrected chi connectivity index (χ4v) is 3.43. The maximum atomic E-state index is 12.5. The minimum absolute atomic E-state index is 0.242. The molecule has 27 heavy (non-hydrogen) atoms. The fourth-order valence-electron chi connectivity index (χ4n) is 2.41. The third kappa shape index (κ3) is 4.45. The van der Waals surface area contributed by atoms with E-state index in [1.165, 1.54) is 18.4 Å². The van der Waals surface area contributed by atoms with Crippen LogP contribution >= 0.6 is 22.9 Å². The molecule has 136 valence electrons. The number of Topliss-reactive ketones (excluding diaryl/α,β-unsaturated/α-hetero) is 1. The number of methoxy groups -OCH3 is 1. The third-order valence-corrected chi connectivity index (χ3v) is 4.96. The van der Waals surface area contributed by atoms with Crippen molar-refractivity contribution >= 4 is 28.7 Å². The number of aromatic nitrogens is 1. The number of benzene rings is 2. The zero-order chi connectivity index (χ0) is 19.2. The quantitative estimate of drug-likeness (QED) is 0.575. The molecule has 0 bridgehead atoms. The van der Waals surface area contributed by atoms with E-state index in [1.54, 1.807) is 36.4 Å². The molecular weight excluding hydrogens is 384 g/mol. The van der Waals surface area contributed by atoms with Gasteiger partial charge in [-0.2, -0.15) is 5.26 Å². The summed E-state index contributed by atoms with van der Waals surface area (Å²) in [5.41, 5.74) is 1.57. The predicted octanol–water partition coefficient (Wildman–Crippen LogP) is 4.73. The first kappa shape index (κ1) is 18.9. The van der Waals surface area contributed by atoms with Crippen molar-refractivity contribution in [3.05, 3.63) is 63.9 Å². The summed E-state index contributed by atoms with van der Waals surface area (Å²) in [5, 5.41) is 12.4. The lowest BCUT2D eigenvalue weighted by Gasteiger charge is -2.10. The highest BCUT2D eigenvalue weighted by Gasteiger charge is 2.24. The van der Waals surface area contributed by atoms with Gasteiger partial charge in [-0.15, -0.1) is 11.3 Å². The zero-order valence-corrected chi connectivity index (χ0v) is 16.0. The van der Waals surface area contributed by atoms with Gasteiger partial charge in [0.25, 0.3) is 0 Å². The fraction of sp³-hybridized carbons (Fsp3) is 0.150. The lowest BCUT2D eigenvalue weighted by Crippen LogP contribution is -2.19. The number of ether oxygens (including phenoxy) is 2. The zero-order valence-electron chi connectivity index (χ0n) is 14.4. The Labute approximate surface area is 165 Å². The van der Waals surface area contributed by atoms with Gasteiger partial charge >= 0.3 is 0 Å². The smallest absolute Gasteiger partial charge is 0.194 e. The number of carbonyl (C=O) groups is 1. The molecule has 3 aromatic rings. The highest BCUT2D eigenvalue weighted by Crippen LogP contribution is 2.29. The lowest BCUT2D eigenvalue weighted by atomic mass is 10.1. The Hall–Kier alpha value is -2.88. The number of hydrogen-bond acceptors (Lipinski definition) is 6. The molecule has 0 fully saturated rings. The lowest BCUT2D eigenvalue weighted by molar-refractivity contribution is -0.121. The van der Waals surface area contributed by atoms with Crippen LogP contribution in [0.4, 0.5) is 0 Å². The molecule has 0 aliphatic carbocycles. The second kappa shape index (κ2) is 8.67. The van der Waals surface area contributed by atoms with Gasteiger partial charge in [-0.05, 0) is 24.3 Å². The number of carbonyl (C=O) groups excluding carboxylic acids is 1. The maximum absolute atomic E-state index is 12.5. The van der Waals surface area contributed by atoms with Gasteiger partial charge in [-0.25, -0.2) is 4.98 Å². The molecule has 1 heterocycles. The molecule has 0 spiro atoms. The molecule has 0 aliphatic heterocycles. The summed E-state index contributed by atoms with van der Waals surface area (Å²) in [6.07, 6.45) is 0. The summed E-state index contributed by atoms with van der Waals surface area (Å²) in [7, 11) is 1.52. The minimum Gasteiger partial charge on any atom is -0.493 e. The molecule has 0 radical (unpaired) electrons. The Bertz CT molecular complexity index is 979. The highest BCUT2D eigenvalue weighted by atomic mass is 35.5. The van der Waals surface area contributed by atoms with Crippen LogP contribution in [0.3, 0.4) is 0 Å². The number of nitriles is 1. The Kier molecular flexibility index (Phi) is 6.07. The van der Waals surface area contributed by atoms with Gasteiger partial charge in [0.2, 0.25) is 0 Å². The molecule has 7 heteroatoms. The molecule has 0 saturated heterocycles. The molecule has 1 unspecified atom stereocenters. The van der Waals surface area contributed by atoms with Gasteiger partial charge in [-0.1, -0.05) is 35.9 Å². The van der Waals surface area contributed by atoms with Crippen molar-refractivity contribution in [2.24, 2.45) is 0 Å². The number of thiazole rings is 1. The molecule has 5 nitrogen and oxygen atoms in total. The molecule has 1 atom stereocenters. The molecule has 0 amide bonds.